The third kappa shape index (κ3) is 5.84. The van der Waals surface area contributed by atoms with Crippen molar-refractivity contribution in [1.82, 2.24) is 0 Å². The molecule has 128 valence electrons. The van der Waals surface area contributed by atoms with Gasteiger partial charge in [0.25, 0.3) is 0 Å². The first-order chi connectivity index (χ1) is 11.5. The Kier molecular flexibility index (Phi) is 7.13. The van der Waals surface area contributed by atoms with Gasteiger partial charge in [-0.05, 0) is 64.2 Å². The predicted molar refractivity (Wildman–Crippen MR) is 100 cm³/mol. The Balaban J connectivity index is 1.75. The van der Waals surface area contributed by atoms with Crippen molar-refractivity contribution in [2.45, 2.75) is 32.6 Å². The van der Waals surface area contributed by atoms with Crippen LogP contribution >= 0.6 is 27.5 Å². The molecule has 0 heterocycles. The third-order valence-corrected chi connectivity index (χ3v) is 4.29. The van der Waals surface area contributed by atoms with E-state index < -0.39 is 0 Å². The Morgan fingerprint density at radius 1 is 1.21 bits per heavy atom. The van der Waals surface area contributed by atoms with Crippen LogP contribution in [0.1, 0.15) is 38.2 Å². The van der Waals surface area contributed by atoms with Crippen molar-refractivity contribution >= 4 is 33.5 Å². The summed E-state index contributed by atoms with van der Waals surface area (Å²) in [6.07, 6.45) is 0.867. The first kappa shape index (κ1) is 18.8. The van der Waals surface area contributed by atoms with Gasteiger partial charge in [0.2, 0.25) is 0 Å². The Bertz CT molecular complexity index is 701. The smallest absolute Gasteiger partial charge is 0.311 e. The summed E-state index contributed by atoms with van der Waals surface area (Å²) in [5.74, 6) is 1.41. The maximum atomic E-state index is 11.8. The van der Waals surface area contributed by atoms with Crippen LogP contribution in [-0.4, -0.2) is 12.6 Å². The average Bonchev–Trinajstić information content (AvgIpc) is 2.52. The van der Waals surface area contributed by atoms with Gasteiger partial charge in [0.05, 0.1) is 11.1 Å². The molecule has 0 fully saturated rings. The maximum Gasteiger partial charge on any atom is 0.311 e. The van der Waals surface area contributed by atoms with Crippen molar-refractivity contribution in [3.05, 3.63) is 57.5 Å². The van der Waals surface area contributed by atoms with Gasteiger partial charge < -0.3 is 9.47 Å². The van der Waals surface area contributed by atoms with Gasteiger partial charge in [-0.15, -0.1) is 0 Å². The zero-order valence-corrected chi connectivity index (χ0v) is 16.1. The molecule has 0 aliphatic carbocycles. The fourth-order valence-corrected chi connectivity index (χ4v) is 2.80. The molecule has 2 rings (SSSR count). The minimum atomic E-state index is -0.296. The number of halogens is 2. The SMILES string of the molecule is CC(C)c1ccc(OCCCC(=O)Oc2cccc(Cl)c2)c(Br)c1. The van der Waals surface area contributed by atoms with Crippen LogP contribution in [0.25, 0.3) is 0 Å². The Morgan fingerprint density at radius 3 is 2.67 bits per heavy atom. The molecule has 0 saturated heterocycles. The zero-order valence-electron chi connectivity index (χ0n) is 13.7. The van der Waals surface area contributed by atoms with E-state index >= 15 is 0 Å². The average molecular weight is 412 g/mol. The van der Waals surface area contributed by atoms with E-state index in [0.29, 0.717) is 29.7 Å². The third-order valence-electron chi connectivity index (χ3n) is 3.43. The molecule has 0 bridgehead atoms. The van der Waals surface area contributed by atoms with Gasteiger partial charge >= 0.3 is 5.97 Å². The standard InChI is InChI=1S/C19H20BrClO3/c1-13(2)14-8-9-18(17(20)11-14)23-10-4-7-19(22)24-16-6-3-5-15(21)12-16/h3,5-6,8-9,11-13H,4,7,10H2,1-2H3. The molecular formula is C19H20BrClO3. The highest BCUT2D eigenvalue weighted by molar-refractivity contribution is 9.10. The lowest BCUT2D eigenvalue weighted by molar-refractivity contribution is -0.134. The van der Waals surface area contributed by atoms with Crippen molar-refractivity contribution in [1.29, 1.82) is 0 Å². The highest BCUT2D eigenvalue weighted by atomic mass is 79.9. The van der Waals surface area contributed by atoms with Gasteiger partial charge in [0.1, 0.15) is 11.5 Å². The fraction of sp³-hybridized carbons (Fsp3) is 0.316. The summed E-state index contributed by atoms with van der Waals surface area (Å²) in [5.41, 5.74) is 1.25. The molecule has 0 aromatic heterocycles. The van der Waals surface area contributed by atoms with Crippen LogP contribution in [-0.2, 0) is 4.79 Å². The molecule has 24 heavy (non-hydrogen) atoms. The van der Waals surface area contributed by atoms with Gasteiger partial charge in [0.15, 0.2) is 0 Å². The van der Waals surface area contributed by atoms with E-state index in [-0.39, 0.29) is 12.4 Å². The molecule has 0 N–H and O–H groups in total. The number of carbonyl (C=O) groups is 1. The normalized spacial score (nSPS) is 10.7. The largest absolute Gasteiger partial charge is 0.492 e. The first-order valence-corrected chi connectivity index (χ1v) is 9.01. The van der Waals surface area contributed by atoms with Crippen molar-refractivity contribution in [2.24, 2.45) is 0 Å². The topological polar surface area (TPSA) is 35.5 Å². The number of carbonyl (C=O) groups excluding carboxylic acids is 1. The summed E-state index contributed by atoms with van der Waals surface area (Å²) in [7, 11) is 0. The molecule has 5 heteroatoms. The minimum Gasteiger partial charge on any atom is -0.492 e. The van der Waals surface area contributed by atoms with E-state index in [9.17, 15) is 4.79 Å². The van der Waals surface area contributed by atoms with Crippen molar-refractivity contribution in [3.63, 3.8) is 0 Å². The number of hydrogen-bond donors (Lipinski definition) is 0. The number of esters is 1. The molecule has 0 saturated carbocycles. The zero-order chi connectivity index (χ0) is 17.5. The lowest BCUT2D eigenvalue weighted by atomic mass is 10.0. The summed E-state index contributed by atoms with van der Waals surface area (Å²) in [6.45, 7) is 4.74. The first-order valence-electron chi connectivity index (χ1n) is 7.84. The molecule has 0 radical (unpaired) electrons. The van der Waals surface area contributed by atoms with Crippen LogP contribution in [0.3, 0.4) is 0 Å². The van der Waals surface area contributed by atoms with Crippen molar-refractivity contribution < 1.29 is 14.3 Å². The molecule has 0 unspecified atom stereocenters. The van der Waals surface area contributed by atoms with Crippen LogP contribution in [0.15, 0.2) is 46.9 Å². The Labute approximate surface area is 156 Å². The number of hydrogen-bond acceptors (Lipinski definition) is 3. The van der Waals surface area contributed by atoms with Crippen molar-refractivity contribution in [2.75, 3.05) is 6.61 Å². The second-order valence-electron chi connectivity index (χ2n) is 5.73. The van der Waals surface area contributed by atoms with Crippen LogP contribution in [0.4, 0.5) is 0 Å². The van der Waals surface area contributed by atoms with Crippen LogP contribution < -0.4 is 9.47 Å². The summed E-state index contributed by atoms with van der Waals surface area (Å²) in [4.78, 5) is 11.8. The van der Waals surface area contributed by atoms with E-state index in [4.69, 9.17) is 21.1 Å². The van der Waals surface area contributed by atoms with E-state index in [1.165, 1.54) is 5.56 Å². The number of rotatable bonds is 7. The molecule has 0 aliphatic rings. The van der Waals surface area contributed by atoms with Gasteiger partial charge in [-0.1, -0.05) is 37.6 Å². The monoisotopic (exact) mass is 410 g/mol. The summed E-state index contributed by atoms with van der Waals surface area (Å²) < 4.78 is 11.9. The molecule has 0 atom stereocenters. The molecule has 2 aromatic rings. The van der Waals surface area contributed by atoms with Crippen LogP contribution in [0, 0.1) is 0 Å². The van der Waals surface area contributed by atoms with Gasteiger partial charge in [-0.25, -0.2) is 0 Å². The number of ether oxygens (including phenoxy) is 2. The van der Waals surface area contributed by atoms with Gasteiger partial charge in [-0.3, -0.25) is 4.79 Å². The van der Waals surface area contributed by atoms with E-state index in [1.54, 1.807) is 24.3 Å². The van der Waals surface area contributed by atoms with E-state index in [1.807, 2.05) is 6.07 Å². The van der Waals surface area contributed by atoms with Crippen LogP contribution in [0.2, 0.25) is 5.02 Å². The molecule has 3 nitrogen and oxygen atoms in total. The fourth-order valence-electron chi connectivity index (χ4n) is 2.10. The predicted octanol–water partition coefficient (Wildman–Crippen LogP) is 5.99. The molecule has 0 amide bonds. The van der Waals surface area contributed by atoms with Crippen molar-refractivity contribution in [3.8, 4) is 11.5 Å². The lowest BCUT2D eigenvalue weighted by Gasteiger charge is -2.11. The molecule has 0 aliphatic heterocycles. The van der Waals surface area contributed by atoms with E-state index in [2.05, 4.69) is 41.9 Å². The molecule has 2 aromatic carbocycles. The molecule has 0 spiro atoms. The highest BCUT2D eigenvalue weighted by Gasteiger charge is 2.08. The van der Waals surface area contributed by atoms with Gasteiger partial charge in [0, 0.05) is 11.4 Å². The van der Waals surface area contributed by atoms with Crippen LogP contribution in [0.5, 0.6) is 11.5 Å². The quantitative estimate of drug-likeness (QED) is 0.319. The summed E-state index contributed by atoms with van der Waals surface area (Å²) in [6, 6.07) is 12.9. The summed E-state index contributed by atoms with van der Waals surface area (Å²) >= 11 is 9.37. The second-order valence-corrected chi connectivity index (χ2v) is 7.02. The Hall–Kier alpha value is -1.52. The van der Waals surface area contributed by atoms with E-state index in [0.717, 1.165) is 10.2 Å². The highest BCUT2D eigenvalue weighted by Crippen LogP contribution is 2.29. The summed E-state index contributed by atoms with van der Waals surface area (Å²) in [5, 5.41) is 0.540. The lowest BCUT2D eigenvalue weighted by Crippen LogP contribution is -2.10. The number of benzene rings is 2. The second kappa shape index (κ2) is 9.09. The Morgan fingerprint density at radius 2 is 2.00 bits per heavy atom. The minimum absolute atomic E-state index is 0.286. The molecular weight excluding hydrogens is 392 g/mol. The maximum absolute atomic E-state index is 11.8. The van der Waals surface area contributed by atoms with Gasteiger partial charge in [-0.2, -0.15) is 0 Å².